The number of allylic oxidation sites excluding steroid dienone is 2. The highest BCUT2D eigenvalue weighted by atomic mass is 16.5. The van der Waals surface area contributed by atoms with Gasteiger partial charge in [0.05, 0.1) is 0 Å². The SMILES string of the molecule is C=C1C(=CC)Oc2ccc(-c3ccccc3)cc2-c2ccccc21. The Kier molecular flexibility index (Phi) is 3.55. The third kappa shape index (κ3) is 2.35. The van der Waals surface area contributed by atoms with E-state index in [4.69, 9.17) is 4.74 Å². The van der Waals surface area contributed by atoms with E-state index in [0.29, 0.717) is 0 Å². The summed E-state index contributed by atoms with van der Waals surface area (Å²) in [6, 6.07) is 25.1. The lowest BCUT2D eigenvalue weighted by Crippen LogP contribution is -1.95. The molecule has 0 saturated heterocycles. The molecule has 1 aliphatic heterocycles. The normalized spacial score (nSPS) is 14.5. The van der Waals surface area contributed by atoms with Crippen molar-refractivity contribution in [3.8, 4) is 28.0 Å². The van der Waals surface area contributed by atoms with Crippen molar-refractivity contribution in [2.75, 3.05) is 0 Å². The predicted octanol–water partition coefficient (Wildman–Crippen LogP) is 6.33. The molecule has 0 N–H and O–H groups in total. The molecule has 0 fully saturated rings. The van der Waals surface area contributed by atoms with Crippen LogP contribution in [0.3, 0.4) is 0 Å². The van der Waals surface area contributed by atoms with Crippen LogP contribution in [-0.2, 0) is 0 Å². The maximum atomic E-state index is 6.15. The minimum Gasteiger partial charge on any atom is -0.456 e. The van der Waals surface area contributed by atoms with E-state index in [-0.39, 0.29) is 0 Å². The molecule has 0 unspecified atom stereocenters. The zero-order valence-corrected chi connectivity index (χ0v) is 13.6. The molecule has 3 aromatic rings. The zero-order chi connectivity index (χ0) is 16.5. The molecule has 1 aliphatic rings. The molecule has 0 radical (unpaired) electrons. The first-order valence-corrected chi connectivity index (χ1v) is 8.10. The van der Waals surface area contributed by atoms with Gasteiger partial charge < -0.3 is 4.74 Å². The van der Waals surface area contributed by atoms with Crippen molar-refractivity contribution in [3.05, 3.63) is 96.8 Å². The van der Waals surface area contributed by atoms with Crippen molar-refractivity contribution in [3.63, 3.8) is 0 Å². The van der Waals surface area contributed by atoms with Crippen LogP contribution in [0.1, 0.15) is 12.5 Å². The number of hydrogen-bond donors (Lipinski definition) is 0. The average Bonchev–Trinajstić information content (AvgIpc) is 2.77. The fourth-order valence-corrected chi connectivity index (χ4v) is 3.17. The fourth-order valence-electron chi connectivity index (χ4n) is 3.17. The second-order valence-corrected chi connectivity index (χ2v) is 5.86. The fraction of sp³-hybridized carbons (Fsp3) is 0.0435. The minimum atomic E-state index is 0.814. The van der Waals surface area contributed by atoms with Crippen LogP contribution in [0.5, 0.6) is 5.75 Å². The van der Waals surface area contributed by atoms with Gasteiger partial charge in [-0.15, -0.1) is 0 Å². The second kappa shape index (κ2) is 5.86. The molecule has 0 aromatic heterocycles. The van der Waals surface area contributed by atoms with Gasteiger partial charge in [0, 0.05) is 11.1 Å². The third-order valence-corrected chi connectivity index (χ3v) is 4.41. The first-order chi connectivity index (χ1) is 11.8. The largest absolute Gasteiger partial charge is 0.456 e. The van der Waals surface area contributed by atoms with Crippen LogP contribution in [0.4, 0.5) is 0 Å². The standard InChI is InChI=1S/C23H18O/c1-3-22-16(2)19-11-7-8-12-20(19)21-15-18(13-14-23(21)24-22)17-9-5-4-6-10-17/h3-15H,2H2,1H3. The van der Waals surface area contributed by atoms with Gasteiger partial charge in [-0.1, -0.05) is 67.2 Å². The third-order valence-electron chi connectivity index (χ3n) is 4.41. The summed E-state index contributed by atoms with van der Waals surface area (Å²) in [5.74, 6) is 1.68. The number of hydrogen-bond acceptors (Lipinski definition) is 1. The Morgan fingerprint density at radius 2 is 1.46 bits per heavy atom. The lowest BCUT2D eigenvalue weighted by atomic mass is 9.93. The van der Waals surface area contributed by atoms with Crippen LogP contribution in [0.25, 0.3) is 27.8 Å². The van der Waals surface area contributed by atoms with E-state index in [9.17, 15) is 0 Å². The van der Waals surface area contributed by atoms with Crippen LogP contribution in [-0.4, -0.2) is 0 Å². The average molecular weight is 310 g/mol. The Bertz CT molecular complexity index is 949. The molecule has 0 bridgehead atoms. The van der Waals surface area contributed by atoms with Crippen LogP contribution in [0.15, 0.2) is 91.2 Å². The van der Waals surface area contributed by atoms with E-state index in [2.05, 4.69) is 67.2 Å². The van der Waals surface area contributed by atoms with E-state index in [1.807, 2.05) is 25.1 Å². The highest BCUT2D eigenvalue weighted by Gasteiger charge is 2.21. The summed E-state index contributed by atoms with van der Waals surface area (Å²) < 4.78 is 6.15. The second-order valence-electron chi connectivity index (χ2n) is 5.86. The zero-order valence-electron chi connectivity index (χ0n) is 13.6. The van der Waals surface area contributed by atoms with Crippen LogP contribution < -0.4 is 4.74 Å². The Balaban J connectivity index is 1.97. The van der Waals surface area contributed by atoms with Gasteiger partial charge in [-0.2, -0.15) is 0 Å². The molecule has 24 heavy (non-hydrogen) atoms. The summed E-state index contributed by atoms with van der Waals surface area (Å²) in [5.41, 5.74) is 6.69. The Morgan fingerprint density at radius 1 is 0.750 bits per heavy atom. The highest BCUT2D eigenvalue weighted by Crippen LogP contribution is 2.43. The molecule has 0 aliphatic carbocycles. The van der Waals surface area contributed by atoms with E-state index < -0.39 is 0 Å². The predicted molar refractivity (Wildman–Crippen MR) is 101 cm³/mol. The first-order valence-electron chi connectivity index (χ1n) is 8.10. The van der Waals surface area contributed by atoms with Crippen molar-refractivity contribution in [1.29, 1.82) is 0 Å². The van der Waals surface area contributed by atoms with Crippen molar-refractivity contribution < 1.29 is 4.74 Å². The van der Waals surface area contributed by atoms with Crippen LogP contribution >= 0.6 is 0 Å². The van der Waals surface area contributed by atoms with Gasteiger partial charge in [0.15, 0.2) is 0 Å². The Morgan fingerprint density at radius 3 is 2.21 bits per heavy atom. The van der Waals surface area contributed by atoms with E-state index in [0.717, 1.165) is 33.8 Å². The molecule has 1 heterocycles. The maximum absolute atomic E-state index is 6.15. The van der Waals surface area contributed by atoms with Gasteiger partial charge in [0.2, 0.25) is 0 Å². The van der Waals surface area contributed by atoms with Crippen molar-refractivity contribution >= 4 is 5.57 Å². The van der Waals surface area contributed by atoms with Gasteiger partial charge >= 0.3 is 0 Å². The van der Waals surface area contributed by atoms with Gasteiger partial charge in [0.25, 0.3) is 0 Å². The molecule has 0 spiro atoms. The molecule has 1 nitrogen and oxygen atoms in total. The maximum Gasteiger partial charge on any atom is 0.135 e. The van der Waals surface area contributed by atoms with Gasteiger partial charge in [-0.3, -0.25) is 0 Å². The summed E-state index contributed by atoms with van der Waals surface area (Å²) in [6.07, 6.45) is 1.97. The number of benzene rings is 3. The molecule has 3 aromatic carbocycles. The minimum absolute atomic E-state index is 0.814. The van der Waals surface area contributed by atoms with Crippen LogP contribution in [0.2, 0.25) is 0 Å². The quantitative estimate of drug-likeness (QED) is 0.510. The summed E-state index contributed by atoms with van der Waals surface area (Å²) in [4.78, 5) is 0. The number of ether oxygens (including phenoxy) is 1. The van der Waals surface area contributed by atoms with Crippen molar-refractivity contribution in [2.24, 2.45) is 0 Å². The van der Waals surface area contributed by atoms with E-state index in [1.165, 1.54) is 11.1 Å². The number of fused-ring (bicyclic) bond motifs is 3. The molecular weight excluding hydrogens is 292 g/mol. The Labute approximate surface area is 142 Å². The van der Waals surface area contributed by atoms with Crippen LogP contribution in [0, 0.1) is 0 Å². The highest BCUT2D eigenvalue weighted by molar-refractivity contribution is 5.91. The number of rotatable bonds is 1. The van der Waals surface area contributed by atoms with Gasteiger partial charge in [0.1, 0.15) is 11.5 Å². The molecule has 0 amide bonds. The topological polar surface area (TPSA) is 9.23 Å². The van der Waals surface area contributed by atoms with E-state index >= 15 is 0 Å². The molecule has 4 rings (SSSR count). The summed E-state index contributed by atoms with van der Waals surface area (Å²) in [6.45, 7) is 6.22. The molecule has 116 valence electrons. The summed E-state index contributed by atoms with van der Waals surface area (Å²) in [7, 11) is 0. The van der Waals surface area contributed by atoms with Gasteiger partial charge in [-0.25, -0.2) is 0 Å². The van der Waals surface area contributed by atoms with Crippen molar-refractivity contribution in [2.45, 2.75) is 6.92 Å². The Hall–Kier alpha value is -3.06. The lowest BCUT2D eigenvalue weighted by molar-refractivity contribution is 0.452. The molecule has 1 heteroatoms. The monoisotopic (exact) mass is 310 g/mol. The van der Waals surface area contributed by atoms with Crippen molar-refractivity contribution in [1.82, 2.24) is 0 Å². The summed E-state index contributed by atoms with van der Waals surface area (Å²) in [5, 5.41) is 0. The molecule has 0 saturated carbocycles. The lowest BCUT2D eigenvalue weighted by Gasteiger charge is -2.11. The first kappa shape index (κ1) is 14.5. The molecule has 0 atom stereocenters. The van der Waals surface area contributed by atoms with Gasteiger partial charge in [-0.05, 0) is 47.4 Å². The molecular formula is C23H18O. The smallest absolute Gasteiger partial charge is 0.135 e. The van der Waals surface area contributed by atoms with E-state index in [1.54, 1.807) is 0 Å². The summed E-state index contributed by atoms with van der Waals surface area (Å²) >= 11 is 0.